The summed E-state index contributed by atoms with van der Waals surface area (Å²) in [4.78, 5) is 0. The van der Waals surface area contributed by atoms with E-state index in [0.29, 0.717) is 6.04 Å². The van der Waals surface area contributed by atoms with E-state index < -0.39 is 0 Å². The molecule has 0 saturated carbocycles. The molecule has 0 saturated heterocycles. The number of hydrogen-bond donors (Lipinski definition) is 0. The molecule has 0 radical (unpaired) electrons. The fraction of sp³-hybridized carbons (Fsp3) is 0.333. The Morgan fingerprint density at radius 1 is 1.29 bits per heavy atom. The number of rotatable bonds is 1. The van der Waals surface area contributed by atoms with Gasteiger partial charge in [-0.15, -0.1) is 0 Å². The third-order valence-corrected chi connectivity index (χ3v) is 2.55. The van der Waals surface area contributed by atoms with Gasteiger partial charge in [0.05, 0.1) is 5.52 Å². The van der Waals surface area contributed by atoms with Crippen LogP contribution in [0.5, 0.6) is 0 Å². The minimum atomic E-state index is -0.169. The number of benzene rings is 1. The summed E-state index contributed by atoms with van der Waals surface area (Å²) >= 11 is 0. The van der Waals surface area contributed by atoms with Gasteiger partial charge in [-0.05, 0) is 44.5 Å². The summed E-state index contributed by atoms with van der Waals surface area (Å²) in [5.41, 5.74) is 2.19. The van der Waals surface area contributed by atoms with Gasteiger partial charge in [0.1, 0.15) is 5.82 Å². The maximum atomic E-state index is 13.1. The minimum Gasteiger partial charge on any atom is -0.345 e. The van der Waals surface area contributed by atoms with E-state index in [1.165, 1.54) is 11.6 Å². The summed E-state index contributed by atoms with van der Waals surface area (Å²) < 4.78 is 15.2. The quantitative estimate of drug-likeness (QED) is 0.648. The zero-order chi connectivity index (χ0) is 10.3. The Morgan fingerprint density at radius 2 is 2.00 bits per heavy atom. The van der Waals surface area contributed by atoms with Crippen molar-refractivity contribution in [3.05, 3.63) is 35.8 Å². The second-order valence-corrected chi connectivity index (χ2v) is 3.97. The smallest absolute Gasteiger partial charge is 0.125 e. The Bertz CT molecular complexity index is 468. The number of aryl methyl sites for hydroxylation is 1. The predicted molar refractivity (Wildman–Crippen MR) is 57.0 cm³/mol. The van der Waals surface area contributed by atoms with Gasteiger partial charge in [-0.3, -0.25) is 0 Å². The summed E-state index contributed by atoms with van der Waals surface area (Å²) in [5, 5.41) is 1.14. The van der Waals surface area contributed by atoms with Gasteiger partial charge < -0.3 is 4.57 Å². The largest absolute Gasteiger partial charge is 0.345 e. The van der Waals surface area contributed by atoms with Gasteiger partial charge >= 0.3 is 0 Å². The van der Waals surface area contributed by atoms with E-state index in [9.17, 15) is 4.39 Å². The molecule has 14 heavy (non-hydrogen) atoms. The summed E-state index contributed by atoms with van der Waals surface area (Å²) in [7, 11) is 0. The summed E-state index contributed by atoms with van der Waals surface area (Å²) in [5.74, 6) is -0.169. The lowest BCUT2D eigenvalue weighted by Gasteiger charge is -2.08. The van der Waals surface area contributed by atoms with Crippen molar-refractivity contribution in [3.63, 3.8) is 0 Å². The topological polar surface area (TPSA) is 4.93 Å². The third-order valence-electron chi connectivity index (χ3n) is 2.55. The van der Waals surface area contributed by atoms with Gasteiger partial charge in [-0.2, -0.15) is 0 Å². The normalized spacial score (nSPS) is 11.5. The molecule has 2 aromatic rings. The fourth-order valence-corrected chi connectivity index (χ4v) is 1.83. The van der Waals surface area contributed by atoms with Gasteiger partial charge in [0.25, 0.3) is 0 Å². The van der Waals surface area contributed by atoms with Gasteiger partial charge in [-0.25, -0.2) is 4.39 Å². The maximum Gasteiger partial charge on any atom is 0.125 e. The highest BCUT2D eigenvalue weighted by atomic mass is 19.1. The van der Waals surface area contributed by atoms with Crippen molar-refractivity contribution < 1.29 is 4.39 Å². The van der Waals surface area contributed by atoms with Crippen molar-refractivity contribution in [1.29, 1.82) is 0 Å². The van der Waals surface area contributed by atoms with Crippen molar-refractivity contribution >= 4 is 10.9 Å². The van der Waals surface area contributed by atoms with Gasteiger partial charge in [0.2, 0.25) is 0 Å². The lowest BCUT2D eigenvalue weighted by atomic mass is 10.2. The van der Waals surface area contributed by atoms with Crippen LogP contribution in [0.25, 0.3) is 10.9 Å². The Balaban J connectivity index is 2.79. The van der Waals surface area contributed by atoms with E-state index in [1.54, 1.807) is 6.07 Å². The molecule has 0 aliphatic rings. The molecule has 1 nitrogen and oxygen atoms in total. The number of halogens is 1. The van der Waals surface area contributed by atoms with Crippen LogP contribution < -0.4 is 0 Å². The second-order valence-electron chi connectivity index (χ2n) is 3.97. The van der Waals surface area contributed by atoms with Crippen molar-refractivity contribution in [2.75, 3.05) is 0 Å². The van der Waals surface area contributed by atoms with Crippen molar-refractivity contribution in [1.82, 2.24) is 4.57 Å². The Kier molecular flexibility index (Phi) is 2.06. The highest BCUT2D eigenvalue weighted by molar-refractivity contribution is 5.83. The van der Waals surface area contributed by atoms with Crippen LogP contribution in [0.2, 0.25) is 0 Å². The van der Waals surface area contributed by atoms with Crippen LogP contribution in [-0.2, 0) is 0 Å². The van der Waals surface area contributed by atoms with E-state index in [-0.39, 0.29) is 5.82 Å². The first-order valence-electron chi connectivity index (χ1n) is 4.86. The first-order chi connectivity index (χ1) is 6.59. The van der Waals surface area contributed by atoms with Crippen LogP contribution >= 0.6 is 0 Å². The molecule has 0 aliphatic carbocycles. The average Bonchev–Trinajstić information content (AvgIpc) is 2.43. The molecule has 1 heterocycles. The van der Waals surface area contributed by atoms with E-state index in [4.69, 9.17) is 0 Å². The van der Waals surface area contributed by atoms with Crippen molar-refractivity contribution in [2.45, 2.75) is 26.8 Å². The maximum absolute atomic E-state index is 13.1. The Hall–Kier alpha value is -1.31. The summed E-state index contributed by atoms with van der Waals surface area (Å²) in [6, 6.07) is 5.33. The van der Waals surface area contributed by atoms with E-state index in [1.807, 2.05) is 6.07 Å². The van der Waals surface area contributed by atoms with E-state index in [2.05, 4.69) is 31.5 Å². The Morgan fingerprint density at radius 3 is 2.64 bits per heavy atom. The molecule has 0 atom stereocenters. The first kappa shape index (κ1) is 9.25. The molecular weight excluding hydrogens is 177 g/mol. The number of fused-ring (bicyclic) bond motifs is 1. The van der Waals surface area contributed by atoms with E-state index in [0.717, 1.165) is 10.9 Å². The molecule has 0 amide bonds. The molecule has 0 unspecified atom stereocenters. The predicted octanol–water partition coefficient (Wildman–Crippen LogP) is 3.67. The Labute approximate surface area is 83.2 Å². The minimum absolute atomic E-state index is 0.169. The molecule has 74 valence electrons. The molecule has 0 bridgehead atoms. The van der Waals surface area contributed by atoms with E-state index >= 15 is 0 Å². The third kappa shape index (κ3) is 1.31. The van der Waals surface area contributed by atoms with Crippen LogP contribution in [0.3, 0.4) is 0 Å². The molecule has 0 aliphatic heterocycles. The zero-order valence-corrected chi connectivity index (χ0v) is 8.71. The SMILES string of the molecule is Cc1cn(C(C)C)c2cc(F)ccc12. The second kappa shape index (κ2) is 3.12. The average molecular weight is 191 g/mol. The molecule has 1 aromatic carbocycles. The number of hydrogen-bond acceptors (Lipinski definition) is 0. The monoisotopic (exact) mass is 191 g/mol. The highest BCUT2D eigenvalue weighted by Gasteiger charge is 2.07. The van der Waals surface area contributed by atoms with Crippen LogP contribution in [0.4, 0.5) is 4.39 Å². The van der Waals surface area contributed by atoms with Gasteiger partial charge in [0, 0.05) is 17.6 Å². The first-order valence-corrected chi connectivity index (χ1v) is 4.86. The standard InChI is InChI=1S/C12H14FN/c1-8(2)14-7-9(3)11-5-4-10(13)6-12(11)14/h4-8H,1-3H3. The molecular formula is C12H14FN. The molecule has 0 spiro atoms. The van der Waals surface area contributed by atoms with Crippen LogP contribution in [0.1, 0.15) is 25.5 Å². The number of aromatic nitrogens is 1. The van der Waals surface area contributed by atoms with Crippen LogP contribution in [0.15, 0.2) is 24.4 Å². The van der Waals surface area contributed by atoms with Gasteiger partial charge in [-0.1, -0.05) is 0 Å². The van der Waals surface area contributed by atoms with Crippen molar-refractivity contribution in [3.8, 4) is 0 Å². The zero-order valence-electron chi connectivity index (χ0n) is 8.71. The number of nitrogens with zero attached hydrogens (tertiary/aromatic N) is 1. The summed E-state index contributed by atoms with van der Waals surface area (Å²) in [6.45, 7) is 6.26. The highest BCUT2D eigenvalue weighted by Crippen LogP contribution is 2.24. The lowest BCUT2D eigenvalue weighted by molar-refractivity contribution is 0.611. The van der Waals surface area contributed by atoms with Crippen molar-refractivity contribution in [2.24, 2.45) is 0 Å². The lowest BCUT2D eigenvalue weighted by Crippen LogP contribution is -1.97. The molecule has 2 heteroatoms. The van der Waals surface area contributed by atoms with Crippen LogP contribution in [-0.4, -0.2) is 4.57 Å². The van der Waals surface area contributed by atoms with Crippen LogP contribution in [0, 0.1) is 12.7 Å². The molecule has 0 fully saturated rings. The summed E-state index contributed by atoms with van der Waals surface area (Å²) in [6.07, 6.45) is 2.08. The molecule has 0 N–H and O–H groups in total. The molecule has 2 rings (SSSR count). The fourth-order valence-electron chi connectivity index (χ4n) is 1.83. The van der Waals surface area contributed by atoms with Gasteiger partial charge in [0.15, 0.2) is 0 Å². The molecule has 1 aromatic heterocycles.